The number of hydrogen-bond acceptors (Lipinski definition) is 4. The maximum Gasteiger partial charge on any atom is 0.257 e. The van der Waals surface area contributed by atoms with Crippen LogP contribution in [0.3, 0.4) is 0 Å². The van der Waals surface area contributed by atoms with Gasteiger partial charge in [-0.2, -0.15) is 0 Å². The minimum absolute atomic E-state index is 0.0761. The van der Waals surface area contributed by atoms with E-state index in [1.165, 1.54) is 25.3 Å². The summed E-state index contributed by atoms with van der Waals surface area (Å²) in [6.45, 7) is 1.88. The fraction of sp³-hybridized carbons (Fsp3) is 0.611. The maximum absolute atomic E-state index is 13.5. The van der Waals surface area contributed by atoms with Crippen LogP contribution in [0.4, 0.5) is 4.39 Å². The van der Waals surface area contributed by atoms with E-state index in [1.54, 1.807) is 12.0 Å². The van der Waals surface area contributed by atoms with Crippen LogP contribution in [0.1, 0.15) is 36.0 Å². The summed E-state index contributed by atoms with van der Waals surface area (Å²) in [5, 5.41) is 0. The van der Waals surface area contributed by atoms with Gasteiger partial charge in [0.05, 0.1) is 24.4 Å². The Bertz CT molecular complexity index is 599. The topological polar surface area (TPSA) is 48.0 Å². The minimum atomic E-state index is -0.442. The molecule has 0 bridgehead atoms. The number of benzene rings is 1. The predicted octanol–water partition coefficient (Wildman–Crippen LogP) is 2.63. The molecule has 0 aliphatic carbocycles. The van der Waals surface area contributed by atoms with Crippen molar-refractivity contribution < 1.29 is 23.4 Å². The molecule has 0 N–H and O–H groups in total. The van der Waals surface area contributed by atoms with Gasteiger partial charge in [0, 0.05) is 26.8 Å². The minimum Gasteiger partial charge on any atom is -0.496 e. The van der Waals surface area contributed by atoms with Gasteiger partial charge in [-0.15, -0.1) is 0 Å². The van der Waals surface area contributed by atoms with Crippen molar-refractivity contribution in [3.8, 4) is 5.75 Å². The van der Waals surface area contributed by atoms with Gasteiger partial charge in [0.2, 0.25) is 0 Å². The molecule has 0 saturated carbocycles. The third-order valence-electron chi connectivity index (χ3n) is 5.16. The van der Waals surface area contributed by atoms with Gasteiger partial charge in [0.1, 0.15) is 11.6 Å². The Morgan fingerprint density at radius 1 is 1.33 bits per heavy atom. The summed E-state index contributed by atoms with van der Waals surface area (Å²) < 4.78 is 30.4. The monoisotopic (exact) mass is 337 g/mol. The number of hydrogen-bond donors (Lipinski definition) is 0. The average molecular weight is 337 g/mol. The van der Waals surface area contributed by atoms with Crippen molar-refractivity contribution in [1.29, 1.82) is 0 Å². The Morgan fingerprint density at radius 3 is 2.75 bits per heavy atom. The molecule has 6 heteroatoms. The number of ether oxygens (including phenoxy) is 3. The molecule has 0 radical (unpaired) electrons. The summed E-state index contributed by atoms with van der Waals surface area (Å²) in [6.07, 6.45) is 3.53. The molecule has 2 heterocycles. The van der Waals surface area contributed by atoms with Crippen LogP contribution >= 0.6 is 0 Å². The van der Waals surface area contributed by atoms with Gasteiger partial charge in [0.15, 0.2) is 0 Å². The highest BCUT2D eigenvalue weighted by Gasteiger charge is 2.45. The van der Waals surface area contributed by atoms with Gasteiger partial charge in [-0.05, 0) is 43.9 Å². The average Bonchev–Trinajstić information content (AvgIpc) is 2.62. The fourth-order valence-corrected chi connectivity index (χ4v) is 3.81. The Balaban J connectivity index is 1.72. The SMILES string of the molecule is COc1ccc(F)cc1C(=O)N1CCC2(CC1)OCCC[C@@H]2OC. The summed E-state index contributed by atoms with van der Waals surface area (Å²) in [6, 6.07) is 4.01. The highest BCUT2D eigenvalue weighted by atomic mass is 19.1. The number of likely N-dealkylation sites (tertiary alicyclic amines) is 1. The number of methoxy groups -OCH3 is 2. The highest BCUT2D eigenvalue weighted by molar-refractivity contribution is 5.97. The first-order valence-corrected chi connectivity index (χ1v) is 8.39. The number of amides is 1. The summed E-state index contributed by atoms with van der Waals surface area (Å²) in [4.78, 5) is 14.5. The molecule has 1 aromatic carbocycles. The Labute approximate surface area is 141 Å². The van der Waals surface area contributed by atoms with Crippen molar-refractivity contribution in [2.24, 2.45) is 0 Å². The lowest BCUT2D eigenvalue weighted by Gasteiger charge is -2.48. The molecule has 3 rings (SSSR count). The van der Waals surface area contributed by atoms with E-state index in [0.29, 0.717) is 18.8 Å². The van der Waals surface area contributed by atoms with E-state index in [0.717, 1.165) is 32.3 Å². The Morgan fingerprint density at radius 2 is 2.08 bits per heavy atom. The fourth-order valence-electron chi connectivity index (χ4n) is 3.81. The van der Waals surface area contributed by atoms with Crippen LogP contribution in [0.2, 0.25) is 0 Å². The molecule has 132 valence electrons. The molecule has 1 atom stereocenters. The van der Waals surface area contributed by atoms with E-state index in [-0.39, 0.29) is 23.2 Å². The van der Waals surface area contributed by atoms with E-state index < -0.39 is 5.82 Å². The quantitative estimate of drug-likeness (QED) is 0.851. The van der Waals surface area contributed by atoms with Crippen molar-refractivity contribution in [3.63, 3.8) is 0 Å². The van der Waals surface area contributed by atoms with Gasteiger partial charge in [-0.25, -0.2) is 4.39 Å². The van der Waals surface area contributed by atoms with E-state index in [9.17, 15) is 9.18 Å². The maximum atomic E-state index is 13.5. The van der Waals surface area contributed by atoms with E-state index >= 15 is 0 Å². The van der Waals surface area contributed by atoms with Crippen LogP contribution in [-0.2, 0) is 9.47 Å². The second-order valence-electron chi connectivity index (χ2n) is 6.42. The zero-order valence-electron chi connectivity index (χ0n) is 14.2. The second-order valence-corrected chi connectivity index (χ2v) is 6.42. The third kappa shape index (κ3) is 3.13. The van der Waals surface area contributed by atoms with Crippen LogP contribution in [0.15, 0.2) is 18.2 Å². The summed E-state index contributed by atoms with van der Waals surface area (Å²) >= 11 is 0. The Hall–Kier alpha value is -1.66. The molecule has 2 aliphatic heterocycles. The lowest BCUT2D eigenvalue weighted by atomic mass is 9.81. The number of halogens is 1. The number of carbonyl (C=O) groups excluding carboxylic acids is 1. The molecular weight excluding hydrogens is 313 g/mol. The van der Waals surface area contributed by atoms with E-state index in [2.05, 4.69) is 0 Å². The molecule has 2 fully saturated rings. The molecule has 2 aliphatic rings. The first-order chi connectivity index (χ1) is 11.6. The molecule has 1 amide bonds. The van der Waals surface area contributed by atoms with Gasteiger partial charge in [-0.3, -0.25) is 4.79 Å². The van der Waals surface area contributed by atoms with Crippen molar-refractivity contribution in [2.75, 3.05) is 33.9 Å². The van der Waals surface area contributed by atoms with Crippen molar-refractivity contribution >= 4 is 5.91 Å². The number of carbonyl (C=O) groups is 1. The zero-order valence-corrected chi connectivity index (χ0v) is 14.2. The predicted molar refractivity (Wildman–Crippen MR) is 86.8 cm³/mol. The number of piperidine rings is 1. The van der Waals surface area contributed by atoms with Gasteiger partial charge in [-0.1, -0.05) is 0 Å². The molecule has 0 aromatic heterocycles. The lowest BCUT2D eigenvalue weighted by molar-refractivity contribution is -0.183. The molecule has 5 nitrogen and oxygen atoms in total. The normalized spacial score (nSPS) is 23.3. The molecule has 24 heavy (non-hydrogen) atoms. The first-order valence-electron chi connectivity index (χ1n) is 8.39. The molecule has 2 saturated heterocycles. The van der Waals surface area contributed by atoms with E-state index in [4.69, 9.17) is 14.2 Å². The first kappa shape index (κ1) is 17.2. The van der Waals surface area contributed by atoms with Crippen LogP contribution in [0.5, 0.6) is 5.75 Å². The van der Waals surface area contributed by atoms with Crippen molar-refractivity contribution in [3.05, 3.63) is 29.6 Å². The summed E-state index contributed by atoms with van der Waals surface area (Å²) in [5.41, 5.74) is -0.0307. The largest absolute Gasteiger partial charge is 0.496 e. The molecule has 1 spiro atoms. The van der Waals surface area contributed by atoms with Crippen molar-refractivity contribution in [1.82, 2.24) is 4.90 Å². The summed E-state index contributed by atoms with van der Waals surface area (Å²) in [7, 11) is 3.20. The van der Waals surface area contributed by atoms with Crippen LogP contribution in [-0.4, -0.2) is 56.4 Å². The van der Waals surface area contributed by atoms with Crippen LogP contribution < -0.4 is 4.74 Å². The Kier molecular flexibility index (Phi) is 5.06. The van der Waals surface area contributed by atoms with E-state index in [1.807, 2.05) is 0 Å². The number of rotatable bonds is 3. The molecule has 1 aromatic rings. The molecule has 0 unspecified atom stereocenters. The smallest absolute Gasteiger partial charge is 0.257 e. The van der Waals surface area contributed by atoms with Gasteiger partial charge < -0.3 is 19.1 Å². The molecular formula is C18H24FNO4. The third-order valence-corrected chi connectivity index (χ3v) is 5.16. The van der Waals surface area contributed by atoms with Gasteiger partial charge >= 0.3 is 0 Å². The van der Waals surface area contributed by atoms with Crippen LogP contribution in [0.25, 0.3) is 0 Å². The second kappa shape index (κ2) is 7.07. The lowest BCUT2D eigenvalue weighted by Crippen LogP contribution is -2.56. The van der Waals surface area contributed by atoms with Crippen LogP contribution in [0, 0.1) is 5.82 Å². The highest BCUT2D eigenvalue weighted by Crippen LogP contribution is 2.37. The number of nitrogens with zero attached hydrogens (tertiary/aromatic N) is 1. The van der Waals surface area contributed by atoms with Crippen molar-refractivity contribution in [2.45, 2.75) is 37.4 Å². The standard InChI is InChI=1S/C18H24FNO4/c1-22-15-6-5-13(19)12-14(15)17(21)20-9-7-18(8-10-20)16(23-2)4-3-11-24-18/h5-6,12,16H,3-4,7-11H2,1-2H3/t16-/m0/s1. The zero-order chi connectivity index (χ0) is 17.2. The van der Waals surface area contributed by atoms with Gasteiger partial charge in [0.25, 0.3) is 5.91 Å². The summed E-state index contributed by atoms with van der Waals surface area (Å²) in [5.74, 6) is -0.251.